The molecule has 23 heavy (non-hydrogen) atoms. The fraction of sp³-hybridized carbons (Fsp3) is 0.368. The van der Waals surface area contributed by atoms with Crippen LogP contribution < -0.4 is 0 Å². The molecular weight excluding hydrogens is 290 g/mol. The largest absolute Gasteiger partial charge is 0.465 e. The average Bonchev–Trinajstić information content (AvgIpc) is 3.14. The van der Waals surface area contributed by atoms with Gasteiger partial charge in [-0.05, 0) is 24.5 Å². The zero-order chi connectivity index (χ0) is 16.4. The van der Waals surface area contributed by atoms with E-state index in [0.29, 0.717) is 36.7 Å². The summed E-state index contributed by atoms with van der Waals surface area (Å²) >= 11 is 0. The molecule has 0 bridgehead atoms. The number of ether oxygens (including phenoxy) is 1. The molecule has 0 amide bonds. The van der Waals surface area contributed by atoms with Crippen molar-refractivity contribution in [1.29, 1.82) is 0 Å². The number of carbonyl (C=O) groups is 2. The predicted octanol–water partition coefficient (Wildman–Crippen LogP) is 3.41. The summed E-state index contributed by atoms with van der Waals surface area (Å²) in [4.78, 5) is 24.9. The van der Waals surface area contributed by atoms with Crippen LogP contribution in [0.2, 0.25) is 0 Å². The number of hydrogen-bond acceptors (Lipinski definition) is 3. The normalized spacial score (nSPS) is 16.4. The van der Waals surface area contributed by atoms with Crippen molar-refractivity contribution in [2.45, 2.75) is 32.7 Å². The van der Waals surface area contributed by atoms with Crippen LogP contribution in [0, 0.1) is 5.92 Å². The number of esters is 1. The Morgan fingerprint density at radius 3 is 2.61 bits per heavy atom. The molecule has 1 aromatic heterocycles. The number of carbonyl (C=O) groups excluding carboxylic acids is 2. The van der Waals surface area contributed by atoms with Crippen LogP contribution >= 0.6 is 0 Å². The zero-order valence-corrected chi connectivity index (χ0v) is 13.5. The van der Waals surface area contributed by atoms with Gasteiger partial charge in [-0.2, -0.15) is 0 Å². The molecule has 0 spiro atoms. The lowest BCUT2D eigenvalue weighted by Gasteiger charge is -2.11. The maximum absolute atomic E-state index is 12.6. The van der Waals surface area contributed by atoms with Crippen molar-refractivity contribution in [3.8, 4) is 0 Å². The van der Waals surface area contributed by atoms with Crippen molar-refractivity contribution < 1.29 is 14.3 Å². The van der Waals surface area contributed by atoms with E-state index in [4.69, 9.17) is 4.74 Å². The zero-order valence-electron chi connectivity index (χ0n) is 13.5. The van der Waals surface area contributed by atoms with Gasteiger partial charge < -0.3 is 9.30 Å². The molecule has 0 N–H and O–H groups in total. The van der Waals surface area contributed by atoms with Gasteiger partial charge in [0.25, 0.3) is 0 Å². The monoisotopic (exact) mass is 311 g/mol. The number of fused-ring (bicyclic) bond motifs is 1. The molecule has 0 saturated heterocycles. The van der Waals surface area contributed by atoms with E-state index in [1.807, 2.05) is 60.9 Å². The van der Waals surface area contributed by atoms with Gasteiger partial charge in [0.15, 0.2) is 0 Å². The molecule has 0 unspecified atom stereocenters. The van der Waals surface area contributed by atoms with E-state index in [0.717, 1.165) is 5.69 Å². The van der Waals surface area contributed by atoms with Crippen LogP contribution in [-0.4, -0.2) is 22.9 Å². The first-order chi connectivity index (χ1) is 11.1. The highest BCUT2D eigenvalue weighted by Gasteiger charge is 2.33. The molecule has 1 aliphatic rings. The van der Waals surface area contributed by atoms with Crippen molar-refractivity contribution in [1.82, 2.24) is 4.57 Å². The van der Waals surface area contributed by atoms with Crippen LogP contribution in [0.15, 0.2) is 42.5 Å². The highest BCUT2D eigenvalue weighted by molar-refractivity contribution is 6.08. The summed E-state index contributed by atoms with van der Waals surface area (Å²) in [7, 11) is 0. The first-order valence-corrected chi connectivity index (χ1v) is 8.03. The number of ketones is 1. The highest BCUT2D eigenvalue weighted by Crippen LogP contribution is 2.32. The summed E-state index contributed by atoms with van der Waals surface area (Å²) in [5.74, 6) is -0.129. The molecule has 0 radical (unpaired) electrons. The van der Waals surface area contributed by atoms with Gasteiger partial charge in [-0.25, -0.2) is 0 Å². The van der Waals surface area contributed by atoms with Crippen molar-refractivity contribution in [2.24, 2.45) is 5.92 Å². The summed E-state index contributed by atoms with van der Waals surface area (Å²) < 4.78 is 7.32. The lowest BCUT2D eigenvalue weighted by Crippen LogP contribution is -2.16. The summed E-state index contributed by atoms with van der Waals surface area (Å²) in [5, 5.41) is 0. The number of aromatic nitrogens is 1. The molecule has 4 heteroatoms. The smallest absolute Gasteiger partial charge is 0.315 e. The minimum Gasteiger partial charge on any atom is -0.465 e. The lowest BCUT2D eigenvalue weighted by molar-refractivity contribution is -0.146. The van der Waals surface area contributed by atoms with E-state index >= 15 is 0 Å². The molecule has 3 rings (SSSR count). The van der Waals surface area contributed by atoms with Crippen LogP contribution in [0.25, 0.3) is 0 Å². The topological polar surface area (TPSA) is 48.3 Å². The Bertz CT molecular complexity index is 715. The molecule has 2 aromatic rings. The molecule has 1 aliphatic heterocycles. The Morgan fingerprint density at radius 2 is 1.91 bits per heavy atom. The fourth-order valence-corrected chi connectivity index (χ4v) is 2.97. The van der Waals surface area contributed by atoms with Crippen LogP contribution in [0.4, 0.5) is 0 Å². The van der Waals surface area contributed by atoms with Gasteiger partial charge in [-0.3, -0.25) is 9.59 Å². The molecule has 0 aliphatic carbocycles. The quantitative estimate of drug-likeness (QED) is 0.628. The number of rotatable bonds is 5. The Balaban J connectivity index is 1.80. The van der Waals surface area contributed by atoms with E-state index in [2.05, 4.69) is 0 Å². The van der Waals surface area contributed by atoms with Gasteiger partial charge in [0.1, 0.15) is 0 Å². The first kappa shape index (κ1) is 15.5. The van der Waals surface area contributed by atoms with Gasteiger partial charge in [0.05, 0.1) is 18.2 Å². The first-order valence-electron chi connectivity index (χ1n) is 8.03. The Kier molecular flexibility index (Phi) is 4.33. The van der Waals surface area contributed by atoms with E-state index in [-0.39, 0.29) is 17.7 Å². The Hall–Kier alpha value is -2.36. The van der Waals surface area contributed by atoms with Gasteiger partial charge in [0, 0.05) is 17.8 Å². The van der Waals surface area contributed by atoms with Crippen LogP contribution in [0.1, 0.15) is 47.9 Å². The van der Waals surface area contributed by atoms with Gasteiger partial charge in [0.2, 0.25) is 5.78 Å². The van der Waals surface area contributed by atoms with Crippen molar-refractivity contribution >= 4 is 11.8 Å². The summed E-state index contributed by atoms with van der Waals surface area (Å²) in [6.07, 6.45) is 0.697. The second-order valence-electron chi connectivity index (χ2n) is 6.36. The lowest BCUT2D eigenvalue weighted by atomic mass is 10.1. The molecule has 2 heterocycles. The second-order valence-corrected chi connectivity index (χ2v) is 6.36. The SMILES string of the molecule is CC(C)COC(=O)[C@@H]1CCn2c(C(=O)c3ccccc3)ccc21. The van der Waals surface area contributed by atoms with Crippen LogP contribution in [-0.2, 0) is 16.1 Å². The van der Waals surface area contributed by atoms with Gasteiger partial charge in [-0.1, -0.05) is 44.2 Å². The molecule has 0 saturated carbocycles. The summed E-state index contributed by atoms with van der Waals surface area (Å²) in [6.45, 7) is 5.14. The standard InChI is InChI=1S/C19H21NO3/c1-13(2)12-23-19(22)15-10-11-20-16(15)8-9-17(20)18(21)14-6-4-3-5-7-14/h3-9,13,15H,10-12H2,1-2H3/t15-/m1/s1. The average molecular weight is 311 g/mol. The summed E-state index contributed by atoms with van der Waals surface area (Å²) in [5.41, 5.74) is 2.20. The molecule has 0 fully saturated rings. The minimum atomic E-state index is -0.258. The number of hydrogen-bond donors (Lipinski definition) is 0. The molecule has 1 aromatic carbocycles. The highest BCUT2D eigenvalue weighted by atomic mass is 16.5. The Labute approximate surface area is 136 Å². The third-order valence-electron chi connectivity index (χ3n) is 4.12. The molecule has 120 valence electrons. The molecule has 4 nitrogen and oxygen atoms in total. The Morgan fingerprint density at radius 1 is 1.17 bits per heavy atom. The van der Waals surface area contributed by atoms with Crippen molar-refractivity contribution in [2.75, 3.05) is 6.61 Å². The van der Waals surface area contributed by atoms with Crippen molar-refractivity contribution in [3.63, 3.8) is 0 Å². The van der Waals surface area contributed by atoms with Crippen LogP contribution in [0.5, 0.6) is 0 Å². The number of nitrogens with zero attached hydrogens (tertiary/aromatic N) is 1. The maximum Gasteiger partial charge on any atom is 0.315 e. The van der Waals surface area contributed by atoms with Gasteiger partial charge in [-0.15, -0.1) is 0 Å². The van der Waals surface area contributed by atoms with E-state index in [1.54, 1.807) is 0 Å². The van der Waals surface area contributed by atoms with E-state index in [9.17, 15) is 9.59 Å². The number of benzene rings is 1. The van der Waals surface area contributed by atoms with E-state index in [1.165, 1.54) is 0 Å². The predicted molar refractivity (Wildman–Crippen MR) is 87.5 cm³/mol. The van der Waals surface area contributed by atoms with E-state index < -0.39 is 0 Å². The molecular formula is C19H21NO3. The van der Waals surface area contributed by atoms with Crippen molar-refractivity contribution in [3.05, 3.63) is 59.4 Å². The van der Waals surface area contributed by atoms with Crippen LogP contribution in [0.3, 0.4) is 0 Å². The second kappa shape index (κ2) is 6.41. The maximum atomic E-state index is 12.6. The third kappa shape index (κ3) is 3.07. The fourth-order valence-electron chi connectivity index (χ4n) is 2.97. The van der Waals surface area contributed by atoms with Gasteiger partial charge >= 0.3 is 5.97 Å². The minimum absolute atomic E-state index is 0.00644. The molecule has 1 atom stereocenters. The third-order valence-corrected chi connectivity index (χ3v) is 4.12. The summed E-state index contributed by atoms with van der Waals surface area (Å²) in [6, 6.07) is 12.9.